The van der Waals surface area contributed by atoms with E-state index < -0.39 is 16.4 Å². The molecule has 0 aliphatic carbocycles. The first-order valence-electron chi connectivity index (χ1n) is 5.24. The van der Waals surface area contributed by atoms with E-state index >= 15 is 0 Å². The lowest BCUT2D eigenvalue weighted by atomic mass is 10.1. The summed E-state index contributed by atoms with van der Waals surface area (Å²) in [6.07, 6.45) is 1.11. The van der Waals surface area contributed by atoms with Gasteiger partial charge in [-0.3, -0.25) is 10.1 Å². The third-order valence-corrected chi connectivity index (χ3v) is 2.72. The van der Waals surface area contributed by atoms with Crippen LogP contribution in [-0.2, 0) is 0 Å². The van der Waals surface area contributed by atoms with E-state index in [1.165, 1.54) is 6.07 Å². The molecule has 0 saturated carbocycles. The molecule has 0 amide bonds. The number of allylic oxidation sites excluding steroid dienone is 1. The molecule has 94 valence electrons. The highest BCUT2D eigenvalue weighted by atomic mass is 35.5. The van der Waals surface area contributed by atoms with Crippen LogP contribution < -0.4 is 0 Å². The van der Waals surface area contributed by atoms with Gasteiger partial charge in [-0.1, -0.05) is 24.9 Å². The standard InChI is InChI=1S/C12H10ClFN2O2/c1-2-3-8(7-15)12(13)10-5-4-9(14)6-11(10)16(17)18/h4-6H,2-3H2,1H3/b12-8-. The number of hydrogen-bond donors (Lipinski definition) is 0. The first kappa shape index (κ1) is 14.1. The number of nitro groups is 1. The highest BCUT2D eigenvalue weighted by Crippen LogP contribution is 2.32. The topological polar surface area (TPSA) is 66.9 Å². The Morgan fingerprint density at radius 2 is 2.28 bits per heavy atom. The molecule has 0 atom stereocenters. The van der Waals surface area contributed by atoms with Crippen LogP contribution in [0.3, 0.4) is 0 Å². The van der Waals surface area contributed by atoms with Gasteiger partial charge >= 0.3 is 0 Å². The van der Waals surface area contributed by atoms with Gasteiger partial charge in [0.05, 0.1) is 27.7 Å². The van der Waals surface area contributed by atoms with Crippen LogP contribution in [0, 0.1) is 27.3 Å². The molecule has 18 heavy (non-hydrogen) atoms. The van der Waals surface area contributed by atoms with Crippen LogP contribution in [0.1, 0.15) is 25.3 Å². The lowest BCUT2D eigenvalue weighted by Crippen LogP contribution is -1.96. The lowest BCUT2D eigenvalue weighted by Gasteiger charge is -2.04. The summed E-state index contributed by atoms with van der Waals surface area (Å²) in [5.74, 6) is -0.719. The molecule has 0 N–H and O–H groups in total. The maximum Gasteiger partial charge on any atom is 0.281 e. The number of nitriles is 1. The summed E-state index contributed by atoms with van der Waals surface area (Å²) in [5.41, 5.74) is -0.120. The van der Waals surface area contributed by atoms with Crippen molar-refractivity contribution in [2.45, 2.75) is 19.8 Å². The number of nitrogens with zero attached hydrogens (tertiary/aromatic N) is 2. The zero-order valence-corrected chi connectivity index (χ0v) is 10.4. The van der Waals surface area contributed by atoms with Gasteiger partial charge in [-0.05, 0) is 18.6 Å². The fraction of sp³-hybridized carbons (Fsp3) is 0.250. The number of rotatable bonds is 4. The maximum absolute atomic E-state index is 13.0. The third-order valence-electron chi connectivity index (χ3n) is 2.29. The highest BCUT2D eigenvalue weighted by Gasteiger charge is 2.19. The first-order chi connectivity index (χ1) is 8.51. The van der Waals surface area contributed by atoms with Gasteiger partial charge in [0.15, 0.2) is 0 Å². The predicted molar refractivity (Wildman–Crippen MR) is 66.3 cm³/mol. The van der Waals surface area contributed by atoms with Gasteiger partial charge in [0.1, 0.15) is 5.82 Å². The van der Waals surface area contributed by atoms with Gasteiger partial charge in [-0.15, -0.1) is 0 Å². The SMILES string of the molecule is CCC/C(C#N)=C(/Cl)c1ccc(F)cc1[N+](=O)[O-]. The first-order valence-corrected chi connectivity index (χ1v) is 5.62. The number of halogens is 2. The Morgan fingerprint density at radius 3 is 2.78 bits per heavy atom. The molecule has 0 radical (unpaired) electrons. The minimum absolute atomic E-state index is 0.00560. The molecule has 0 fully saturated rings. The highest BCUT2D eigenvalue weighted by molar-refractivity contribution is 6.50. The van der Waals surface area contributed by atoms with Crippen molar-refractivity contribution in [3.8, 4) is 6.07 Å². The molecule has 0 aliphatic heterocycles. The van der Waals surface area contributed by atoms with Gasteiger partial charge in [0.2, 0.25) is 0 Å². The Hall–Kier alpha value is -1.93. The largest absolute Gasteiger partial charge is 0.281 e. The Kier molecular flexibility index (Phi) is 4.81. The summed E-state index contributed by atoms with van der Waals surface area (Å²) in [6, 6.07) is 4.99. The van der Waals surface area contributed by atoms with Gasteiger partial charge in [0, 0.05) is 5.57 Å². The van der Waals surface area contributed by atoms with E-state index in [0.29, 0.717) is 12.8 Å². The molecule has 0 unspecified atom stereocenters. The van der Waals surface area contributed by atoms with Crippen LogP contribution in [0.15, 0.2) is 23.8 Å². The molecule has 6 heteroatoms. The average molecular weight is 269 g/mol. The number of hydrogen-bond acceptors (Lipinski definition) is 3. The van der Waals surface area contributed by atoms with Crippen molar-refractivity contribution in [3.63, 3.8) is 0 Å². The summed E-state index contributed by atoms with van der Waals surface area (Å²) < 4.78 is 13.0. The summed E-state index contributed by atoms with van der Waals surface area (Å²) in [4.78, 5) is 10.1. The van der Waals surface area contributed by atoms with Gasteiger partial charge in [-0.25, -0.2) is 4.39 Å². The summed E-state index contributed by atoms with van der Waals surface area (Å²) in [6.45, 7) is 1.86. The fourth-order valence-corrected chi connectivity index (χ4v) is 1.77. The zero-order valence-electron chi connectivity index (χ0n) is 9.61. The van der Waals surface area contributed by atoms with Crippen molar-refractivity contribution in [2.24, 2.45) is 0 Å². The monoisotopic (exact) mass is 268 g/mol. The van der Waals surface area contributed by atoms with E-state index in [1.807, 2.05) is 13.0 Å². The Balaban J connectivity index is 3.41. The number of benzene rings is 1. The molecule has 1 aromatic rings. The van der Waals surface area contributed by atoms with Gasteiger partial charge < -0.3 is 0 Å². The van der Waals surface area contributed by atoms with E-state index in [0.717, 1.165) is 12.1 Å². The van der Waals surface area contributed by atoms with Crippen molar-refractivity contribution in [1.82, 2.24) is 0 Å². The maximum atomic E-state index is 13.0. The van der Waals surface area contributed by atoms with E-state index in [-0.39, 0.29) is 16.2 Å². The van der Waals surface area contributed by atoms with Crippen molar-refractivity contribution in [3.05, 3.63) is 45.3 Å². The molecule has 1 rings (SSSR count). The minimum Gasteiger partial charge on any atom is -0.258 e. The van der Waals surface area contributed by atoms with Gasteiger partial charge in [-0.2, -0.15) is 5.26 Å². The quantitative estimate of drug-likeness (QED) is 0.471. The molecular weight excluding hydrogens is 259 g/mol. The van der Waals surface area contributed by atoms with Crippen LogP contribution in [0.25, 0.3) is 5.03 Å². The second-order valence-electron chi connectivity index (χ2n) is 3.57. The molecule has 0 saturated heterocycles. The molecule has 1 aromatic carbocycles. The molecule has 0 aromatic heterocycles. The summed E-state index contributed by atoms with van der Waals surface area (Å²) >= 11 is 5.98. The van der Waals surface area contributed by atoms with E-state index in [4.69, 9.17) is 16.9 Å². The number of nitro benzene ring substituents is 1. The van der Waals surface area contributed by atoms with Crippen molar-refractivity contribution in [2.75, 3.05) is 0 Å². The van der Waals surface area contributed by atoms with Crippen LogP contribution in [0.4, 0.5) is 10.1 Å². The Labute approximate surface area is 108 Å². The van der Waals surface area contributed by atoms with Crippen molar-refractivity contribution >= 4 is 22.3 Å². The molecule has 0 aliphatic rings. The van der Waals surface area contributed by atoms with Gasteiger partial charge in [0.25, 0.3) is 5.69 Å². The van der Waals surface area contributed by atoms with Crippen molar-refractivity contribution in [1.29, 1.82) is 5.26 Å². The molecule has 4 nitrogen and oxygen atoms in total. The zero-order chi connectivity index (χ0) is 13.7. The smallest absolute Gasteiger partial charge is 0.258 e. The summed E-state index contributed by atoms with van der Waals surface area (Å²) in [7, 11) is 0. The Bertz CT molecular complexity index is 549. The van der Waals surface area contributed by atoms with Crippen LogP contribution in [0.5, 0.6) is 0 Å². The minimum atomic E-state index is -0.721. The van der Waals surface area contributed by atoms with E-state index in [2.05, 4.69) is 0 Å². The van der Waals surface area contributed by atoms with Crippen LogP contribution in [-0.4, -0.2) is 4.92 Å². The second-order valence-corrected chi connectivity index (χ2v) is 3.95. The molecule has 0 heterocycles. The van der Waals surface area contributed by atoms with E-state index in [1.54, 1.807) is 0 Å². The summed E-state index contributed by atoms with van der Waals surface area (Å²) in [5, 5.41) is 19.8. The average Bonchev–Trinajstić information content (AvgIpc) is 2.35. The van der Waals surface area contributed by atoms with Crippen molar-refractivity contribution < 1.29 is 9.31 Å². The molecule has 0 spiro atoms. The fourth-order valence-electron chi connectivity index (χ4n) is 1.47. The van der Waals surface area contributed by atoms with E-state index in [9.17, 15) is 14.5 Å². The second kappa shape index (κ2) is 6.12. The molecule has 0 bridgehead atoms. The Morgan fingerprint density at radius 1 is 1.61 bits per heavy atom. The van der Waals surface area contributed by atoms with Crippen LogP contribution >= 0.6 is 11.6 Å². The third kappa shape index (κ3) is 3.05. The lowest BCUT2D eigenvalue weighted by molar-refractivity contribution is -0.385. The normalized spacial score (nSPS) is 11.7. The predicted octanol–water partition coefficient (Wildman–Crippen LogP) is 4.01. The van der Waals surface area contributed by atoms with Crippen LogP contribution in [0.2, 0.25) is 0 Å². The molecular formula is C12H10ClFN2O2.